The van der Waals surface area contributed by atoms with Crippen LogP contribution in [0.1, 0.15) is 26.2 Å². The quantitative estimate of drug-likeness (QED) is 0.833. The van der Waals surface area contributed by atoms with Gasteiger partial charge in [0.25, 0.3) is 0 Å². The van der Waals surface area contributed by atoms with Gasteiger partial charge >= 0.3 is 0 Å². The van der Waals surface area contributed by atoms with Gasteiger partial charge in [-0.25, -0.2) is 0 Å². The van der Waals surface area contributed by atoms with Crippen molar-refractivity contribution in [2.75, 3.05) is 47.7 Å². The summed E-state index contributed by atoms with van der Waals surface area (Å²) < 4.78 is 0. The van der Waals surface area contributed by atoms with E-state index in [4.69, 9.17) is 0 Å². The molecule has 2 heterocycles. The van der Waals surface area contributed by atoms with Gasteiger partial charge in [0, 0.05) is 26.7 Å². The van der Waals surface area contributed by atoms with Gasteiger partial charge in [-0.3, -0.25) is 0 Å². The first-order valence-electron chi connectivity index (χ1n) is 7.20. The Morgan fingerprint density at radius 2 is 1.85 bits per heavy atom. The first kappa shape index (κ1) is 15.2. The molecule has 1 aromatic rings. The molecule has 2 N–H and O–H groups in total. The van der Waals surface area contributed by atoms with Crippen molar-refractivity contribution >= 4 is 29.6 Å². The molecule has 0 aliphatic carbocycles. The summed E-state index contributed by atoms with van der Waals surface area (Å²) in [6.07, 6.45) is 3.39. The van der Waals surface area contributed by atoms with Gasteiger partial charge in [0.2, 0.25) is 17.8 Å². The van der Waals surface area contributed by atoms with Gasteiger partial charge in [-0.05, 0) is 30.8 Å². The number of anilines is 3. The zero-order chi connectivity index (χ0) is 14.4. The van der Waals surface area contributed by atoms with Gasteiger partial charge in [-0.2, -0.15) is 26.7 Å². The largest absolute Gasteiger partial charge is 0.354 e. The Balaban J connectivity index is 2.10. The third kappa shape index (κ3) is 4.40. The Kier molecular flexibility index (Phi) is 5.70. The van der Waals surface area contributed by atoms with Crippen LogP contribution in [-0.4, -0.2) is 53.1 Å². The van der Waals surface area contributed by atoms with E-state index < -0.39 is 0 Å². The van der Waals surface area contributed by atoms with Crippen molar-refractivity contribution in [2.24, 2.45) is 0 Å². The summed E-state index contributed by atoms with van der Waals surface area (Å²) in [5, 5.41) is 6.68. The topological polar surface area (TPSA) is 66.0 Å². The third-order valence-corrected chi connectivity index (χ3v) is 4.16. The van der Waals surface area contributed by atoms with E-state index in [-0.39, 0.29) is 0 Å². The van der Waals surface area contributed by atoms with Crippen LogP contribution in [0.3, 0.4) is 0 Å². The van der Waals surface area contributed by atoms with Gasteiger partial charge < -0.3 is 15.5 Å². The fourth-order valence-electron chi connectivity index (χ4n) is 1.97. The summed E-state index contributed by atoms with van der Waals surface area (Å²) >= 11 is 2.02. The van der Waals surface area contributed by atoms with Crippen LogP contribution in [0.25, 0.3) is 0 Å². The van der Waals surface area contributed by atoms with E-state index in [0.29, 0.717) is 23.9 Å². The fraction of sp³-hybridized carbons (Fsp3) is 0.769. The molecule has 0 saturated carbocycles. The summed E-state index contributed by atoms with van der Waals surface area (Å²) in [5.41, 5.74) is 0. The number of hydrogen-bond acceptors (Lipinski definition) is 7. The number of hydrogen-bond donors (Lipinski definition) is 2. The van der Waals surface area contributed by atoms with Crippen LogP contribution >= 0.6 is 11.8 Å². The summed E-state index contributed by atoms with van der Waals surface area (Å²) in [6.45, 7) is 3.00. The van der Waals surface area contributed by atoms with Crippen LogP contribution in [-0.2, 0) is 0 Å². The lowest BCUT2D eigenvalue weighted by Gasteiger charge is -2.23. The summed E-state index contributed by atoms with van der Waals surface area (Å²) in [7, 11) is 3.89. The van der Waals surface area contributed by atoms with E-state index >= 15 is 0 Å². The molecular formula is C13H24N6S. The van der Waals surface area contributed by atoms with E-state index in [0.717, 1.165) is 13.0 Å². The summed E-state index contributed by atoms with van der Waals surface area (Å²) in [6, 6.07) is 0.479. The molecular weight excluding hydrogens is 272 g/mol. The predicted octanol–water partition coefficient (Wildman–Crippen LogP) is 2.07. The van der Waals surface area contributed by atoms with Crippen LogP contribution in [0.4, 0.5) is 17.8 Å². The Labute approximate surface area is 125 Å². The fourth-order valence-corrected chi connectivity index (χ4v) is 3.08. The average molecular weight is 296 g/mol. The number of aromatic nitrogens is 3. The van der Waals surface area contributed by atoms with Crippen LogP contribution < -0.4 is 15.5 Å². The molecule has 0 amide bonds. The minimum Gasteiger partial charge on any atom is -0.354 e. The highest BCUT2D eigenvalue weighted by Gasteiger charge is 2.16. The SMILES string of the molecule is CCCNc1nc(NC2CCSCC2)nc(N(C)C)n1. The second kappa shape index (κ2) is 7.52. The molecule has 6 nitrogen and oxygen atoms in total. The Morgan fingerprint density at radius 1 is 1.15 bits per heavy atom. The molecule has 0 atom stereocenters. The van der Waals surface area contributed by atoms with Crippen LogP contribution in [0.15, 0.2) is 0 Å². The Bertz CT molecular complexity index is 419. The van der Waals surface area contributed by atoms with Crippen molar-refractivity contribution in [3.63, 3.8) is 0 Å². The van der Waals surface area contributed by atoms with Crippen molar-refractivity contribution in [3.05, 3.63) is 0 Å². The van der Waals surface area contributed by atoms with E-state index in [2.05, 4.69) is 32.5 Å². The van der Waals surface area contributed by atoms with Crippen molar-refractivity contribution in [1.82, 2.24) is 15.0 Å². The maximum absolute atomic E-state index is 4.48. The first-order valence-corrected chi connectivity index (χ1v) is 8.36. The minimum absolute atomic E-state index is 0.479. The zero-order valence-electron chi connectivity index (χ0n) is 12.5. The zero-order valence-corrected chi connectivity index (χ0v) is 13.3. The van der Waals surface area contributed by atoms with Crippen molar-refractivity contribution in [2.45, 2.75) is 32.2 Å². The first-order chi connectivity index (χ1) is 9.69. The third-order valence-electron chi connectivity index (χ3n) is 3.11. The monoisotopic (exact) mass is 296 g/mol. The van der Waals surface area contributed by atoms with Crippen molar-refractivity contribution < 1.29 is 0 Å². The molecule has 7 heteroatoms. The molecule has 1 aliphatic rings. The molecule has 2 rings (SSSR count). The van der Waals surface area contributed by atoms with E-state index in [1.165, 1.54) is 24.3 Å². The normalized spacial score (nSPS) is 15.9. The number of nitrogens with one attached hydrogen (secondary N) is 2. The molecule has 1 aromatic heterocycles. The molecule has 0 bridgehead atoms. The molecule has 1 fully saturated rings. The van der Waals surface area contributed by atoms with Gasteiger partial charge in [-0.15, -0.1) is 0 Å². The predicted molar refractivity (Wildman–Crippen MR) is 86.9 cm³/mol. The van der Waals surface area contributed by atoms with Gasteiger partial charge in [0.1, 0.15) is 0 Å². The highest BCUT2D eigenvalue weighted by molar-refractivity contribution is 7.99. The number of rotatable bonds is 6. The lowest BCUT2D eigenvalue weighted by molar-refractivity contribution is 0.659. The van der Waals surface area contributed by atoms with E-state index in [1.807, 2.05) is 30.8 Å². The standard InChI is InChI=1S/C13H24N6S/c1-4-7-14-11-16-12(18-13(17-11)19(2)3)15-10-5-8-20-9-6-10/h10H,4-9H2,1-3H3,(H2,14,15,16,17,18). The lowest BCUT2D eigenvalue weighted by Crippen LogP contribution is -2.26. The average Bonchev–Trinajstić information content (AvgIpc) is 2.46. The number of nitrogens with zero attached hydrogens (tertiary/aromatic N) is 4. The molecule has 0 spiro atoms. The smallest absolute Gasteiger partial charge is 0.231 e. The highest BCUT2D eigenvalue weighted by Crippen LogP contribution is 2.20. The van der Waals surface area contributed by atoms with Crippen molar-refractivity contribution in [1.29, 1.82) is 0 Å². The molecule has 0 unspecified atom stereocenters. The second-order valence-corrected chi connectivity index (χ2v) is 6.36. The summed E-state index contributed by atoms with van der Waals surface area (Å²) in [5.74, 6) is 4.44. The van der Waals surface area contributed by atoms with Crippen LogP contribution in [0.2, 0.25) is 0 Å². The molecule has 1 saturated heterocycles. The summed E-state index contributed by atoms with van der Waals surface area (Å²) in [4.78, 5) is 15.3. The van der Waals surface area contributed by atoms with Gasteiger partial charge in [0.05, 0.1) is 0 Å². The Hall–Kier alpha value is -1.24. The Morgan fingerprint density at radius 3 is 2.50 bits per heavy atom. The van der Waals surface area contributed by atoms with Gasteiger partial charge in [0.15, 0.2) is 0 Å². The van der Waals surface area contributed by atoms with E-state index in [1.54, 1.807) is 0 Å². The maximum atomic E-state index is 4.48. The minimum atomic E-state index is 0.479. The maximum Gasteiger partial charge on any atom is 0.231 e. The van der Waals surface area contributed by atoms with Crippen LogP contribution in [0.5, 0.6) is 0 Å². The van der Waals surface area contributed by atoms with E-state index in [9.17, 15) is 0 Å². The van der Waals surface area contributed by atoms with Crippen molar-refractivity contribution in [3.8, 4) is 0 Å². The second-order valence-electron chi connectivity index (χ2n) is 5.13. The number of thioether (sulfide) groups is 1. The molecule has 112 valence electrons. The molecule has 1 aliphatic heterocycles. The van der Waals surface area contributed by atoms with Gasteiger partial charge in [-0.1, -0.05) is 6.92 Å². The molecule has 0 radical (unpaired) electrons. The highest BCUT2D eigenvalue weighted by atomic mass is 32.2. The molecule has 20 heavy (non-hydrogen) atoms. The molecule has 0 aromatic carbocycles. The lowest BCUT2D eigenvalue weighted by atomic mass is 10.2. The van der Waals surface area contributed by atoms with Crippen LogP contribution in [0, 0.1) is 0 Å².